The summed E-state index contributed by atoms with van der Waals surface area (Å²) in [6.45, 7) is 0. The molecule has 10 nitrogen and oxygen atoms in total. The Bertz CT molecular complexity index is 1480. The van der Waals surface area contributed by atoms with Crippen LogP contribution in [0.4, 0.5) is 11.8 Å². The van der Waals surface area contributed by atoms with E-state index in [4.69, 9.17) is 0 Å². The first-order valence-corrected chi connectivity index (χ1v) is 11.9. The molecule has 0 amide bonds. The summed E-state index contributed by atoms with van der Waals surface area (Å²) in [5.41, 5.74) is 3.43. The van der Waals surface area contributed by atoms with E-state index in [9.17, 15) is 10.1 Å². The quantitative estimate of drug-likeness (QED) is 0.443. The van der Waals surface area contributed by atoms with Crippen molar-refractivity contribution in [1.29, 1.82) is 5.26 Å². The molecule has 3 heterocycles. The van der Waals surface area contributed by atoms with E-state index >= 15 is 0 Å². The Morgan fingerprint density at radius 1 is 0.971 bits per heavy atom. The van der Waals surface area contributed by atoms with Crippen molar-refractivity contribution >= 4 is 22.8 Å². The van der Waals surface area contributed by atoms with Crippen molar-refractivity contribution in [3.05, 3.63) is 64.5 Å². The molecule has 2 atom stereocenters. The highest BCUT2D eigenvalue weighted by Crippen LogP contribution is 2.38. The molecule has 176 valence electrons. The fourth-order valence-electron chi connectivity index (χ4n) is 4.82. The molecule has 35 heavy (non-hydrogen) atoms. The number of pyridine rings is 1. The molecule has 4 aromatic rings. The van der Waals surface area contributed by atoms with Gasteiger partial charge >= 0.3 is 5.69 Å². The van der Waals surface area contributed by atoms with Gasteiger partial charge in [0.05, 0.1) is 46.4 Å². The zero-order valence-electron chi connectivity index (χ0n) is 19.3. The van der Waals surface area contributed by atoms with Crippen molar-refractivity contribution in [3.8, 4) is 11.8 Å². The van der Waals surface area contributed by atoms with E-state index in [1.807, 2.05) is 18.3 Å². The number of hydrogen-bond donors (Lipinski definition) is 2. The summed E-state index contributed by atoms with van der Waals surface area (Å²) in [6, 6.07) is 11.7. The zero-order valence-corrected chi connectivity index (χ0v) is 19.3. The van der Waals surface area contributed by atoms with Crippen LogP contribution in [0.1, 0.15) is 49.3 Å². The standard InChI is InChI=1S/C25H25N9O/c1-33-21-8-2-15(12-26)10-22(21)34(25(33)35)19-7-9-23(27-13-19)29-17-5-6-18(11-17)30-24-28-14-20(31-32-24)16-3-4-16/h2,7-10,13-14,16-18H,3-6,11H2,1H3,(H,27,29)(H,28,30,32)/t17-,18-/m0/s1. The Labute approximate surface area is 201 Å². The molecule has 1 aromatic carbocycles. The van der Waals surface area contributed by atoms with E-state index in [1.165, 1.54) is 12.8 Å². The second-order valence-corrected chi connectivity index (χ2v) is 9.37. The average molecular weight is 468 g/mol. The van der Waals surface area contributed by atoms with Crippen LogP contribution in [0.25, 0.3) is 16.7 Å². The van der Waals surface area contributed by atoms with Crippen LogP contribution in [0.15, 0.2) is 47.5 Å². The summed E-state index contributed by atoms with van der Waals surface area (Å²) in [6.07, 6.45) is 8.85. The van der Waals surface area contributed by atoms with E-state index in [0.717, 1.165) is 36.3 Å². The topological polar surface area (TPSA) is 126 Å². The monoisotopic (exact) mass is 467 g/mol. The van der Waals surface area contributed by atoms with Gasteiger partial charge in [-0.25, -0.2) is 14.8 Å². The lowest BCUT2D eigenvalue weighted by molar-refractivity contribution is 0.710. The molecule has 10 heteroatoms. The fourth-order valence-corrected chi connectivity index (χ4v) is 4.82. The van der Waals surface area contributed by atoms with Crippen LogP contribution >= 0.6 is 0 Å². The number of nitrogens with zero attached hydrogens (tertiary/aromatic N) is 7. The van der Waals surface area contributed by atoms with E-state index in [-0.39, 0.29) is 17.8 Å². The van der Waals surface area contributed by atoms with Crippen molar-refractivity contribution in [2.45, 2.75) is 50.1 Å². The number of aryl methyl sites for hydroxylation is 1. The molecule has 2 fully saturated rings. The van der Waals surface area contributed by atoms with E-state index < -0.39 is 0 Å². The van der Waals surface area contributed by atoms with Crippen LogP contribution in [0.5, 0.6) is 0 Å². The summed E-state index contributed by atoms with van der Waals surface area (Å²) in [4.78, 5) is 21.9. The van der Waals surface area contributed by atoms with Gasteiger partial charge < -0.3 is 10.6 Å². The highest BCUT2D eigenvalue weighted by atomic mass is 16.1. The van der Waals surface area contributed by atoms with Crippen LogP contribution in [0.3, 0.4) is 0 Å². The molecule has 6 rings (SSSR count). The number of rotatable bonds is 6. The van der Waals surface area contributed by atoms with E-state index in [1.54, 1.807) is 40.6 Å². The number of hydrogen-bond acceptors (Lipinski definition) is 8. The first kappa shape index (κ1) is 21.3. The minimum absolute atomic E-state index is 0.177. The van der Waals surface area contributed by atoms with Gasteiger partial charge in [0.2, 0.25) is 5.95 Å². The molecule has 0 unspecified atom stereocenters. The van der Waals surface area contributed by atoms with Gasteiger partial charge in [0, 0.05) is 25.0 Å². The predicted molar refractivity (Wildman–Crippen MR) is 132 cm³/mol. The summed E-state index contributed by atoms with van der Waals surface area (Å²) in [7, 11) is 1.73. The number of imidazole rings is 1. The molecule has 0 saturated heterocycles. The minimum Gasteiger partial charge on any atom is -0.367 e. The molecule has 2 aliphatic carbocycles. The smallest absolute Gasteiger partial charge is 0.333 e. The molecule has 0 radical (unpaired) electrons. The molecule has 3 aromatic heterocycles. The Morgan fingerprint density at radius 2 is 1.80 bits per heavy atom. The van der Waals surface area contributed by atoms with Crippen molar-refractivity contribution < 1.29 is 0 Å². The third-order valence-corrected chi connectivity index (χ3v) is 6.88. The largest absolute Gasteiger partial charge is 0.367 e. The number of benzene rings is 1. The van der Waals surface area contributed by atoms with Crippen molar-refractivity contribution in [1.82, 2.24) is 29.3 Å². The molecule has 2 N–H and O–H groups in total. The summed E-state index contributed by atoms with van der Waals surface area (Å²) < 4.78 is 3.16. The van der Waals surface area contributed by atoms with Gasteiger partial charge in [-0.1, -0.05) is 0 Å². The van der Waals surface area contributed by atoms with E-state index in [0.29, 0.717) is 28.6 Å². The zero-order chi connectivity index (χ0) is 23.9. The van der Waals surface area contributed by atoms with Gasteiger partial charge in [-0.15, -0.1) is 10.2 Å². The van der Waals surface area contributed by atoms with Crippen LogP contribution in [0, 0.1) is 11.3 Å². The number of nitrogens with one attached hydrogen (secondary N) is 2. The van der Waals surface area contributed by atoms with Crippen LogP contribution in [-0.2, 0) is 7.05 Å². The summed E-state index contributed by atoms with van der Waals surface area (Å²) in [5.74, 6) is 1.90. The third kappa shape index (κ3) is 4.10. The average Bonchev–Trinajstić information content (AvgIpc) is 3.60. The lowest BCUT2D eigenvalue weighted by Gasteiger charge is -2.15. The second-order valence-electron chi connectivity index (χ2n) is 9.37. The molecule has 0 spiro atoms. The fraction of sp³-hybridized carbons (Fsp3) is 0.360. The van der Waals surface area contributed by atoms with Crippen LogP contribution in [0.2, 0.25) is 0 Å². The van der Waals surface area contributed by atoms with Crippen LogP contribution in [-0.4, -0.2) is 41.4 Å². The van der Waals surface area contributed by atoms with E-state index in [2.05, 4.69) is 36.9 Å². The molecule has 0 aliphatic heterocycles. The molecular weight excluding hydrogens is 442 g/mol. The molecule has 2 aliphatic rings. The van der Waals surface area contributed by atoms with Gasteiger partial charge in [-0.3, -0.25) is 9.13 Å². The minimum atomic E-state index is -0.177. The molecular formula is C25H25N9O. The van der Waals surface area contributed by atoms with Crippen molar-refractivity contribution in [2.75, 3.05) is 10.6 Å². The predicted octanol–water partition coefficient (Wildman–Crippen LogP) is 3.10. The Hall–Kier alpha value is -4.26. The lowest BCUT2D eigenvalue weighted by atomic mass is 10.2. The summed E-state index contributed by atoms with van der Waals surface area (Å²) >= 11 is 0. The first-order valence-electron chi connectivity index (χ1n) is 11.9. The van der Waals surface area contributed by atoms with Gasteiger partial charge in [-0.05, 0) is 62.4 Å². The molecule has 0 bridgehead atoms. The second kappa shape index (κ2) is 8.51. The SMILES string of the molecule is Cn1c(=O)n(-c2ccc(N[C@H]3CC[C@H](Nc4ncc(C5CC5)nn4)C3)nc2)c2cc(C#N)ccc21. The number of anilines is 2. The Kier molecular flexibility index (Phi) is 5.17. The highest BCUT2D eigenvalue weighted by molar-refractivity contribution is 5.79. The number of nitriles is 1. The number of fused-ring (bicyclic) bond motifs is 1. The van der Waals surface area contributed by atoms with Gasteiger partial charge in [0.15, 0.2) is 0 Å². The lowest BCUT2D eigenvalue weighted by Crippen LogP contribution is -2.22. The summed E-state index contributed by atoms with van der Waals surface area (Å²) in [5, 5.41) is 24.7. The maximum atomic E-state index is 12.9. The van der Waals surface area contributed by atoms with Crippen molar-refractivity contribution in [2.24, 2.45) is 7.05 Å². The Morgan fingerprint density at radius 3 is 2.49 bits per heavy atom. The maximum absolute atomic E-state index is 12.9. The number of aromatic nitrogens is 6. The van der Waals surface area contributed by atoms with Gasteiger partial charge in [0.25, 0.3) is 0 Å². The van der Waals surface area contributed by atoms with Gasteiger partial charge in [0.1, 0.15) is 5.82 Å². The normalized spacial score (nSPS) is 19.5. The maximum Gasteiger partial charge on any atom is 0.333 e. The highest BCUT2D eigenvalue weighted by Gasteiger charge is 2.27. The van der Waals surface area contributed by atoms with Crippen LogP contribution < -0.4 is 16.3 Å². The third-order valence-electron chi connectivity index (χ3n) is 6.88. The van der Waals surface area contributed by atoms with Gasteiger partial charge in [-0.2, -0.15) is 5.26 Å². The molecule has 2 saturated carbocycles. The Balaban J connectivity index is 1.13. The first-order chi connectivity index (χ1) is 17.1. The van der Waals surface area contributed by atoms with Crippen molar-refractivity contribution in [3.63, 3.8) is 0 Å².